The summed E-state index contributed by atoms with van der Waals surface area (Å²) in [5.41, 5.74) is 2.84. The van der Waals surface area contributed by atoms with Crippen LogP contribution in [0.15, 0.2) is 27.1 Å². The molecule has 0 saturated carbocycles. The topological polar surface area (TPSA) is 65.5 Å². The Morgan fingerprint density at radius 2 is 2.05 bits per heavy atom. The van der Waals surface area contributed by atoms with Crippen molar-refractivity contribution in [2.45, 2.75) is 18.7 Å². The second-order valence-electron chi connectivity index (χ2n) is 4.54. The fraction of sp³-hybridized carbons (Fsp3) is 0.286. The second kappa shape index (κ2) is 6.19. The molecule has 0 aliphatic carbocycles. The number of ether oxygens (including phenoxy) is 1. The maximum Gasteiger partial charge on any atom is 0.433 e. The van der Waals surface area contributed by atoms with Crippen LogP contribution in [0.5, 0.6) is 5.75 Å². The molecule has 0 N–H and O–H groups in total. The average molecular weight is 419 g/mol. The number of nitro groups is 1. The number of nitrogens with zero attached hydrogens (tertiary/aromatic N) is 1. The van der Waals surface area contributed by atoms with Crippen LogP contribution < -0.4 is 4.74 Å². The van der Waals surface area contributed by atoms with E-state index >= 15 is 0 Å². The third-order valence-corrected chi connectivity index (χ3v) is 4.94. The lowest BCUT2D eigenvalue weighted by molar-refractivity contribution is -0.402. The summed E-state index contributed by atoms with van der Waals surface area (Å²) in [6, 6.07) is 4.91. The minimum Gasteiger partial charge on any atom is -0.496 e. The Labute approximate surface area is 138 Å². The summed E-state index contributed by atoms with van der Waals surface area (Å²) in [6.07, 6.45) is 0. The fourth-order valence-electron chi connectivity index (χ4n) is 2.17. The number of furan rings is 1. The molecule has 1 aromatic heterocycles. The molecule has 0 aliphatic heterocycles. The zero-order chi connectivity index (χ0) is 15.7. The van der Waals surface area contributed by atoms with E-state index in [-0.39, 0.29) is 10.7 Å². The van der Waals surface area contributed by atoms with E-state index in [1.807, 2.05) is 19.9 Å². The van der Waals surface area contributed by atoms with Gasteiger partial charge in [0.1, 0.15) is 21.3 Å². The van der Waals surface area contributed by atoms with Gasteiger partial charge in [-0.25, -0.2) is 0 Å². The zero-order valence-electron chi connectivity index (χ0n) is 11.6. The molecule has 21 heavy (non-hydrogen) atoms. The maximum atomic E-state index is 10.7. The third kappa shape index (κ3) is 2.98. The minimum absolute atomic E-state index is 0.280. The quantitative estimate of drug-likeness (QED) is 0.395. The number of alkyl halides is 1. The van der Waals surface area contributed by atoms with Crippen molar-refractivity contribution in [3.05, 3.63) is 55.2 Å². The summed E-state index contributed by atoms with van der Waals surface area (Å²) in [6.45, 7) is 3.89. The van der Waals surface area contributed by atoms with Gasteiger partial charge in [0.25, 0.3) is 0 Å². The van der Waals surface area contributed by atoms with E-state index < -0.39 is 4.92 Å². The standard InChI is InChI=1S/C14H13Br2NO4/c1-7-6-9(15)8(2)12(14(7)20-3)13(16)10-4-5-11(21-10)17(18)19/h4-6,13H,1-3H3. The monoisotopic (exact) mass is 417 g/mol. The van der Waals surface area contributed by atoms with Crippen molar-refractivity contribution in [1.82, 2.24) is 0 Å². The van der Waals surface area contributed by atoms with Crippen LogP contribution in [0.25, 0.3) is 0 Å². The summed E-state index contributed by atoms with van der Waals surface area (Å²) in [4.78, 5) is 9.84. The van der Waals surface area contributed by atoms with Gasteiger partial charge in [-0.1, -0.05) is 31.9 Å². The van der Waals surface area contributed by atoms with Crippen molar-refractivity contribution < 1.29 is 14.1 Å². The van der Waals surface area contributed by atoms with Crippen molar-refractivity contribution in [3.8, 4) is 5.75 Å². The predicted octanol–water partition coefficient (Wildman–Crippen LogP) is 5.06. The van der Waals surface area contributed by atoms with Crippen molar-refractivity contribution in [2.75, 3.05) is 7.11 Å². The van der Waals surface area contributed by atoms with Crippen LogP contribution in [0.4, 0.5) is 5.88 Å². The summed E-state index contributed by atoms with van der Waals surface area (Å²) in [5.74, 6) is 0.912. The molecule has 2 aromatic rings. The van der Waals surface area contributed by atoms with Crippen LogP contribution in [0.1, 0.15) is 27.3 Å². The van der Waals surface area contributed by atoms with Crippen LogP contribution in [0, 0.1) is 24.0 Å². The minimum atomic E-state index is -0.556. The van der Waals surface area contributed by atoms with Crippen molar-refractivity contribution >= 4 is 37.7 Å². The third-order valence-electron chi connectivity index (χ3n) is 3.21. The number of hydrogen-bond acceptors (Lipinski definition) is 4. The van der Waals surface area contributed by atoms with Gasteiger partial charge in [-0.3, -0.25) is 10.1 Å². The molecule has 0 fully saturated rings. The second-order valence-corrected chi connectivity index (χ2v) is 6.31. The first kappa shape index (κ1) is 16.0. The molecule has 0 bridgehead atoms. The van der Waals surface area contributed by atoms with Gasteiger partial charge in [-0.2, -0.15) is 0 Å². The van der Waals surface area contributed by atoms with Crippen LogP contribution in [0.2, 0.25) is 0 Å². The molecule has 1 aromatic carbocycles. The van der Waals surface area contributed by atoms with E-state index in [0.717, 1.165) is 26.9 Å². The lowest BCUT2D eigenvalue weighted by Crippen LogP contribution is -2.02. The van der Waals surface area contributed by atoms with E-state index in [4.69, 9.17) is 9.15 Å². The van der Waals surface area contributed by atoms with E-state index in [1.165, 1.54) is 6.07 Å². The van der Waals surface area contributed by atoms with Crippen molar-refractivity contribution in [3.63, 3.8) is 0 Å². The molecule has 7 heteroatoms. The molecule has 0 radical (unpaired) electrons. The normalized spacial score (nSPS) is 12.2. The zero-order valence-corrected chi connectivity index (χ0v) is 14.8. The molecule has 2 rings (SSSR count). The first-order valence-corrected chi connectivity index (χ1v) is 7.79. The van der Waals surface area contributed by atoms with Gasteiger partial charge in [0.2, 0.25) is 0 Å². The first-order valence-electron chi connectivity index (χ1n) is 6.08. The molecule has 1 atom stereocenters. The predicted molar refractivity (Wildman–Crippen MR) is 86.3 cm³/mol. The Morgan fingerprint density at radius 3 is 2.57 bits per heavy atom. The summed E-state index contributed by atoms with van der Waals surface area (Å²) in [7, 11) is 1.60. The molecular formula is C14H13Br2NO4. The highest BCUT2D eigenvalue weighted by Gasteiger charge is 2.25. The molecule has 0 amide bonds. The van der Waals surface area contributed by atoms with Gasteiger partial charge < -0.3 is 9.15 Å². The van der Waals surface area contributed by atoms with Crippen LogP contribution in [-0.4, -0.2) is 12.0 Å². The smallest absolute Gasteiger partial charge is 0.433 e. The fourth-order valence-corrected chi connectivity index (χ4v) is 3.52. The van der Waals surface area contributed by atoms with E-state index in [1.54, 1.807) is 13.2 Å². The van der Waals surface area contributed by atoms with E-state index in [2.05, 4.69) is 31.9 Å². The summed E-state index contributed by atoms with van der Waals surface area (Å²) >= 11 is 7.06. The Hall–Kier alpha value is -1.34. The van der Waals surface area contributed by atoms with Gasteiger partial charge >= 0.3 is 5.88 Å². The Bertz CT molecular complexity index is 697. The first-order chi connectivity index (χ1) is 9.86. The van der Waals surface area contributed by atoms with Crippen molar-refractivity contribution in [2.24, 2.45) is 0 Å². The highest BCUT2D eigenvalue weighted by molar-refractivity contribution is 9.10. The van der Waals surface area contributed by atoms with Gasteiger partial charge in [0.15, 0.2) is 0 Å². The van der Waals surface area contributed by atoms with Crippen LogP contribution in [-0.2, 0) is 0 Å². The highest BCUT2D eigenvalue weighted by Crippen LogP contribution is 2.43. The van der Waals surface area contributed by atoms with Gasteiger partial charge in [0, 0.05) is 10.0 Å². The number of aryl methyl sites for hydroxylation is 1. The molecular weight excluding hydrogens is 406 g/mol. The number of hydrogen-bond donors (Lipinski definition) is 0. The maximum absolute atomic E-state index is 10.7. The number of benzene rings is 1. The summed E-state index contributed by atoms with van der Waals surface area (Å²) < 4.78 is 11.7. The molecule has 0 saturated heterocycles. The largest absolute Gasteiger partial charge is 0.496 e. The number of halogens is 2. The lowest BCUT2D eigenvalue weighted by Gasteiger charge is -2.18. The Morgan fingerprint density at radius 1 is 1.38 bits per heavy atom. The number of rotatable bonds is 4. The van der Waals surface area contributed by atoms with Crippen LogP contribution >= 0.6 is 31.9 Å². The van der Waals surface area contributed by atoms with E-state index in [9.17, 15) is 10.1 Å². The SMILES string of the molecule is COc1c(C)cc(Br)c(C)c1C(Br)c1ccc([N+](=O)[O-])o1. The van der Waals surface area contributed by atoms with Gasteiger partial charge in [-0.05, 0) is 37.1 Å². The molecule has 5 nitrogen and oxygen atoms in total. The molecule has 1 heterocycles. The highest BCUT2D eigenvalue weighted by atomic mass is 79.9. The van der Waals surface area contributed by atoms with Gasteiger partial charge in [-0.15, -0.1) is 0 Å². The van der Waals surface area contributed by atoms with E-state index in [0.29, 0.717) is 5.76 Å². The lowest BCUT2D eigenvalue weighted by atomic mass is 10.00. The van der Waals surface area contributed by atoms with Crippen LogP contribution in [0.3, 0.4) is 0 Å². The molecule has 0 aliphatic rings. The molecule has 1 unspecified atom stereocenters. The number of methoxy groups -OCH3 is 1. The van der Waals surface area contributed by atoms with Gasteiger partial charge in [0.05, 0.1) is 13.2 Å². The molecule has 112 valence electrons. The molecule has 0 spiro atoms. The van der Waals surface area contributed by atoms with Crippen molar-refractivity contribution in [1.29, 1.82) is 0 Å². The average Bonchev–Trinajstić information content (AvgIpc) is 2.91. The Balaban J connectivity index is 2.56. The summed E-state index contributed by atoms with van der Waals surface area (Å²) in [5, 5.41) is 10.7. The Kier molecular flexibility index (Phi) is 4.73.